The highest BCUT2D eigenvalue weighted by Gasteiger charge is 2.16. The highest BCUT2D eigenvalue weighted by Crippen LogP contribution is 2.15. The predicted octanol–water partition coefficient (Wildman–Crippen LogP) is 2.12. The smallest absolute Gasteiger partial charge is 0.332 e. The summed E-state index contributed by atoms with van der Waals surface area (Å²) in [5.41, 5.74) is 2.15. The second kappa shape index (κ2) is 7.93. The lowest BCUT2D eigenvalue weighted by molar-refractivity contribution is -0.135. The molecule has 0 N–H and O–H groups in total. The molecule has 102 valence electrons. The number of ether oxygens (including phenoxy) is 2. The maximum absolute atomic E-state index is 11.3. The van der Waals surface area contributed by atoms with E-state index in [1.54, 1.807) is 0 Å². The molecular formula is C14H23NO3. The SMILES string of the molecule is COC(=O)/C=C(\COCC=C(C)C)N1CCCC1. The van der Waals surface area contributed by atoms with Crippen molar-refractivity contribution >= 4 is 5.97 Å². The van der Waals surface area contributed by atoms with Gasteiger partial charge in [0.05, 0.1) is 20.3 Å². The van der Waals surface area contributed by atoms with Crippen LogP contribution in [0.25, 0.3) is 0 Å². The van der Waals surface area contributed by atoms with Crippen LogP contribution in [-0.2, 0) is 14.3 Å². The van der Waals surface area contributed by atoms with E-state index in [0.717, 1.165) is 18.8 Å². The lowest BCUT2D eigenvalue weighted by Gasteiger charge is -2.21. The summed E-state index contributed by atoms with van der Waals surface area (Å²) < 4.78 is 10.2. The molecule has 4 nitrogen and oxygen atoms in total. The fourth-order valence-electron chi connectivity index (χ4n) is 1.81. The van der Waals surface area contributed by atoms with Gasteiger partial charge in [-0.1, -0.05) is 11.6 Å². The van der Waals surface area contributed by atoms with Gasteiger partial charge in [0.25, 0.3) is 0 Å². The second-order valence-corrected chi connectivity index (χ2v) is 4.65. The van der Waals surface area contributed by atoms with Crippen molar-refractivity contribution in [3.63, 3.8) is 0 Å². The standard InChI is InChI=1S/C14H23NO3/c1-12(2)6-9-18-11-13(10-14(16)17-3)15-7-4-5-8-15/h6,10H,4-5,7-9,11H2,1-3H3/b13-10+. The third kappa shape index (κ3) is 5.36. The monoisotopic (exact) mass is 253 g/mol. The zero-order chi connectivity index (χ0) is 13.4. The molecule has 1 fully saturated rings. The fourth-order valence-corrected chi connectivity index (χ4v) is 1.81. The normalized spacial score (nSPS) is 15.7. The van der Waals surface area contributed by atoms with Crippen molar-refractivity contribution in [3.05, 3.63) is 23.4 Å². The van der Waals surface area contributed by atoms with Gasteiger partial charge in [-0.15, -0.1) is 0 Å². The summed E-state index contributed by atoms with van der Waals surface area (Å²) >= 11 is 0. The molecule has 0 spiro atoms. The molecule has 1 heterocycles. The van der Waals surface area contributed by atoms with Crippen molar-refractivity contribution in [2.45, 2.75) is 26.7 Å². The van der Waals surface area contributed by atoms with Gasteiger partial charge in [-0.05, 0) is 26.7 Å². The molecule has 0 aliphatic carbocycles. The molecule has 1 saturated heterocycles. The van der Waals surface area contributed by atoms with E-state index in [0.29, 0.717) is 13.2 Å². The van der Waals surface area contributed by atoms with Gasteiger partial charge in [-0.3, -0.25) is 0 Å². The Morgan fingerprint density at radius 3 is 2.50 bits per heavy atom. The first-order valence-corrected chi connectivity index (χ1v) is 6.38. The summed E-state index contributed by atoms with van der Waals surface area (Å²) in [6, 6.07) is 0. The van der Waals surface area contributed by atoms with E-state index in [9.17, 15) is 4.79 Å². The Bertz CT molecular complexity index is 324. The topological polar surface area (TPSA) is 38.8 Å². The molecule has 0 aromatic rings. The third-order valence-electron chi connectivity index (χ3n) is 2.86. The first kappa shape index (κ1) is 14.8. The first-order valence-electron chi connectivity index (χ1n) is 6.38. The molecule has 1 aliphatic heterocycles. The summed E-state index contributed by atoms with van der Waals surface area (Å²) in [4.78, 5) is 13.5. The van der Waals surface area contributed by atoms with Crippen LogP contribution >= 0.6 is 0 Å². The summed E-state index contributed by atoms with van der Waals surface area (Å²) in [5.74, 6) is -0.317. The van der Waals surface area contributed by atoms with Crippen molar-refractivity contribution in [3.8, 4) is 0 Å². The van der Waals surface area contributed by atoms with Crippen molar-refractivity contribution in [2.75, 3.05) is 33.4 Å². The molecule has 0 amide bonds. The molecule has 0 aromatic carbocycles. The van der Waals surface area contributed by atoms with Crippen LogP contribution in [0, 0.1) is 0 Å². The van der Waals surface area contributed by atoms with Crippen molar-refractivity contribution in [2.24, 2.45) is 0 Å². The Labute approximate surface area is 109 Å². The number of carbonyl (C=O) groups excluding carboxylic acids is 1. The molecule has 18 heavy (non-hydrogen) atoms. The number of rotatable bonds is 6. The Morgan fingerprint density at radius 1 is 1.28 bits per heavy atom. The number of carbonyl (C=O) groups is 1. The van der Waals surface area contributed by atoms with Crippen molar-refractivity contribution in [1.29, 1.82) is 0 Å². The van der Waals surface area contributed by atoms with Crippen LogP contribution in [0.1, 0.15) is 26.7 Å². The lowest BCUT2D eigenvalue weighted by atomic mass is 10.3. The number of nitrogens with zero attached hydrogens (tertiary/aromatic N) is 1. The quantitative estimate of drug-likeness (QED) is 0.314. The minimum Gasteiger partial charge on any atom is -0.466 e. The van der Waals surface area contributed by atoms with Gasteiger partial charge in [0.2, 0.25) is 0 Å². The van der Waals surface area contributed by atoms with E-state index >= 15 is 0 Å². The van der Waals surface area contributed by atoms with Crippen LogP contribution in [0.4, 0.5) is 0 Å². The largest absolute Gasteiger partial charge is 0.466 e. The summed E-state index contributed by atoms with van der Waals surface area (Å²) in [5, 5.41) is 0. The number of hydrogen-bond donors (Lipinski definition) is 0. The molecule has 4 heteroatoms. The molecule has 0 aromatic heterocycles. The molecule has 0 bridgehead atoms. The van der Waals surface area contributed by atoms with E-state index < -0.39 is 0 Å². The maximum Gasteiger partial charge on any atom is 0.332 e. The number of esters is 1. The average Bonchev–Trinajstić information content (AvgIpc) is 2.86. The molecular weight excluding hydrogens is 230 g/mol. The Balaban J connectivity index is 2.52. The van der Waals surface area contributed by atoms with Gasteiger partial charge >= 0.3 is 5.97 Å². The Kier molecular flexibility index (Phi) is 6.50. The first-order chi connectivity index (χ1) is 8.63. The van der Waals surface area contributed by atoms with Gasteiger partial charge in [0.15, 0.2) is 0 Å². The molecule has 0 atom stereocenters. The van der Waals surface area contributed by atoms with Gasteiger partial charge in [0, 0.05) is 24.9 Å². The molecule has 0 unspecified atom stereocenters. The van der Waals surface area contributed by atoms with Crippen molar-refractivity contribution in [1.82, 2.24) is 4.90 Å². The van der Waals surface area contributed by atoms with Crippen LogP contribution in [0.5, 0.6) is 0 Å². The minimum absolute atomic E-state index is 0.317. The minimum atomic E-state index is -0.317. The van der Waals surface area contributed by atoms with Gasteiger partial charge in [0.1, 0.15) is 0 Å². The van der Waals surface area contributed by atoms with Crippen molar-refractivity contribution < 1.29 is 14.3 Å². The number of methoxy groups -OCH3 is 1. The van der Waals surface area contributed by atoms with E-state index in [2.05, 4.69) is 9.64 Å². The number of hydrogen-bond acceptors (Lipinski definition) is 4. The van der Waals surface area contributed by atoms with Crippen LogP contribution in [0.3, 0.4) is 0 Å². The van der Waals surface area contributed by atoms with E-state index in [1.165, 1.54) is 31.6 Å². The van der Waals surface area contributed by atoms with E-state index in [4.69, 9.17) is 4.74 Å². The fraction of sp³-hybridized carbons (Fsp3) is 0.643. The highest BCUT2D eigenvalue weighted by atomic mass is 16.5. The maximum atomic E-state index is 11.3. The van der Waals surface area contributed by atoms with Gasteiger partial charge in [-0.25, -0.2) is 4.79 Å². The van der Waals surface area contributed by atoms with Crippen LogP contribution < -0.4 is 0 Å². The van der Waals surface area contributed by atoms with Crippen LogP contribution in [0.2, 0.25) is 0 Å². The summed E-state index contributed by atoms with van der Waals surface area (Å²) in [6.45, 7) is 7.10. The van der Waals surface area contributed by atoms with Crippen LogP contribution in [0.15, 0.2) is 23.4 Å². The zero-order valence-electron chi connectivity index (χ0n) is 11.6. The predicted molar refractivity (Wildman–Crippen MR) is 71.2 cm³/mol. The van der Waals surface area contributed by atoms with Crippen LogP contribution in [-0.4, -0.2) is 44.3 Å². The molecule has 0 saturated carbocycles. The second-order valence-electron chi connectivity index (χ2n) is 4.65. The summed E-state index contributed by atoms with van der Waals surface area (Å²) in [7, 11) is 1.39. The zero-order valence-corrected chi connectivity index (χ0v) is 11.6. The molecule has 1 rings (SSSR count). The lowest BCUT2D eigenvalue weighted by Crippen LogP contribution is -2.23. The Hall–Kier alpha value is -1.29. The molecule has 0 radical (unpaired) electrons. The van der Waals surface area contributed by atoms with E-state index in [-0.39, 0.29) is 5.97 Å². The van der Waals surface area contributed by atoms with Gasteiger partial charge in [-0.2, -0.15) is 0 Å². The summed E-state index contributed by atoms with van der Waals surface area (Å²) in [6.07, 6.45) is 5.91. The number of likely N-dealkylation sites (tertiary alicyclic amines) is 1. The third-order valence-corrected chi connectivity index (χ3v) is 2.86. The van der Waals surface area contributed by atoms with E-state index in [1.807, 2.05) is 19.9 Å². The molecule has 1 aliphatic rings. The highest BCUT2D eigenvalue weighted by molar-refractivity contribution is 5.82. The average molecular weight is 253 g/mol. The van der Waals surface area contributed by atoms with Gasteiger partial charge < -0.3 is 14.4 Å². The number of allylic oxidation sites excluding steroid dienone is 1. The Morgan fingerprint density at radius 2 is 1.94 bits per heavy atom.